The molecule has 3 nitrogen and oxygen atoms in total. The van der Waals surface area contributed by atoms with E-state index in [2.05, 4.69) is 15.3 Å². The number of hydrogen-bond donors (Lipinski definition) is 1. The molecule has 0 saturated heterocycles. The monoisotopic (exact) mass is 275 g/mol. The second-order valence-electron chi connectivity index (χ2n) is 3.59. The number of nitrogens with one attached hydrogen (secondary N) is 1. The van der Waals surface area contributed by atoms with E-state index in [1.54, 1.807) is 19.1 Å². The summed E-state index contributed by atoms with van der Waals surface area (Å²) in [5.41, 5.74) is 0.167. The molecular formula is C11H9ClF3N3. The zero-order valence-electron chi connectivity index (χ0n) is 9.35. The minimum absolute atomic E-state index is 0.159. The maximum atomic E-state index is 12.7. The molecule has 0 aliphatic heterocycles. The molecule has 7 heteroatoms. The van der Waals surface area contributed by atoms with E-state index in [1.807, 2.05) is 0 Å². The number of rotatable bonds is 2. The average Bonchev–Trinajstić information content (AvgIpc) is 2.27. The predicted molar refractivity (Wildman–Crippen MR) is 63.7 cm³/mol. The lowest BCUT2D eigenvalue weighted by Gasteiger charge is -2.11. The van der Waals surface area contributed by atoms with Gasteiger partial charge in [-0.05, 0) is 25.1 Å². The summed E-state index contributed by atoms with van der Waals surface area (Å²) in [6.07, 6.45) is -4.58. The van der Waals surface area contributed by atoms with E-state index in [0.29, 0.717) is 17.0 Å². The van der Waals surface area contributed by atoms with Gasteiger partial charge in [0.1, 0.15) is 5.82 Å². The highest BCUT2D eigenvalue weighted by molar-refractivity contribution is 6.31. The van der Waals surface area contributed by atoms with E-state index >= 15 is 0 Å². The first-order chi connectivity index (χ1) is 8.41. The molecular weight excluding hydrogens is 267 g/mol. The summed E-state index contributed by atoms with van der Waals surface area (Å²) in [6.45, 7) is 2.24. The van der Waals surface area contributed by atoms with Gasteiger partial charge in [0.15, 0.2) is 0 Å². The summed E-state index contributed by atoms with van der Waals surface area (Å²) < 4.78 is 38.0. The highest BCUT2D eigenvalue weighted by Gasteiger charge is 2.35. The fourth-order valence-corrected chi connectivity index (χ4v) is 1.70. The lowest BCUT2D eigenvalue weighted by molar-refractivity contribution is -0.144. The molecule has 1 aromatic carbocycles. The zero-order valence-corrected chi connectivity index (χ0v) is 10.1. The SMILES string of the molecule is CCNc1nc(C(F)(F)F)nc2cc(Cl)ccc12. The number of benzene rings is 1. The van der Waals surface area contributed by atoms with Gasteiger partial charge in [-0.25, -0.2) is 9.97 Å². The Labute approximate surface area is 106 Å². The normalized spacial score (nSPS) is 11.8. The van der Waals surface area contributed by atoms with E-state index in [0.717, 1.165) is 0 Å². The average molecular weight is 276 g/mol. The summed E-state index contributed by atoms with van der Waals surface area (Å²) >= 11 is 5.75. The Morgan fingerprint density at radius 2 is 2.00 bits per heavy atom. The molecule has 0 aliphatic rings. The largest absolute Gasteiger partial charge is 0.451 e. The van der Waals surface area contributed by atoms with E-state index in [9.17, 15) is 13.2 Å². The molecule has 1 N–H and O–H groups in total. The predicted octanol–water partition coefficient (Wildman–Crippen LogP) is 3.73. The molecule has 0 atom stereocenters. The molecule has 0 unspecified atom stereocenters. The maximum absolute atomic E-state index is 12.7. The van der Waals surface area contributed by atoms with Crippen LogP contribution in [-0.2, 0) is 6.18 Å². The van der Waals surface area contributed by atoms with Crippen molar-refractivity contribution in [3.63, 3.8) is 0 Å². The number of nitrogens with zero attached hydrogens (tertiary/aromatic N) is 2. The van der Waals surface area contributed by atoms with Gasteiger partial charge in [-0.2, -0.15) is 13.2 Å². The highest BCUT2D eigenvalue weighted by Crippen LogP contribution is 2.31. The molecule has 0 saturated carbocycles. The summed E-state index contributed by atoms with van der Waals surface area (Å²) in [7, 11) is 0. The first-order valence-corrected chi connectivity index (χ1v) is 5.58. The Kier molecular flexibility index (Phi) is 3.30. The highest BCUT2D eigenvalue weighted by atomic mass is 35.5. The lowest BCUT2D eigenvalue weighted by Crippen LogP contribution is -2.13. The summed E-state index contributed by atoms with van der Waals surface area (Å²) in [6, 6.07) is 4.56. The van der Waals surface area contributed by atoms with Crippen LogP contribution in [0.25, 0.3) is 10.9 Å². The van der Waals surface area contributed by atoms with Crippen LogP contribution in [-0.4, -0.2) is 16.5 Å². The molecule has 0 bridgehead atoms. The van der Waals surface area contributed by atoms with Crippen LogP contribution in [0.2, 0.25) is 5.02 Å². The summed E-state index contributed by atoms with van der Waals surface area (Å²) in [5.74, 6) is -1.01. The first-order valence-electron chi connectivity index (χ1n) is 5.20. The van der Waals surface area contributed by atoms with Crippen LogP contribution in [0.1, 0.15) is 12.7 Å². The number of hydrogen-bond acceptors (Lipinski definition) is 3. The number of aromatic nitrogens is 2. The van der Waals surface area contributed by atoms with Gasteiger partial charge >= 0.3 is 6.18 Å². The molecule has 0 fully saturated rings. The van der Waals surface area contributed by atoms with Gasteiger partial charge in [-0.3, -0.25) is 0 Å². The van der Waals surface area contributed by atoms with E-state index in [-0.39, 0.29) is 11.3 Å². The second kappa shape index (κ2) is 4.61. The van der Waals surface area contributed by atoms with Gasteiger partial charge in [0.05, 0.1) is 5.52 Å². The summed E-state index contributed by atoms with van der Waals surface area (Å²) in [5, 5.41) is 3.63. The number of alkyl halides is 3. The van der Waals surface area contributed by atoms with Gasteiger partial charge in [-0.15, -0.1) is 0 Å². The zero-order chi connectivity index (χ0) is 13.3. The van der Waals surface area contributed by atoms with Gasteiger partial charge in [0, 0.05) is 17.0 Å². The Bertz CT molecular complexity index is 583. The van der Waals surface area contributed by atoms with Crippen LogP contribution in [0.3, 0.4) is 0 Å². The van der Waals surface area contributed by atoms with Crippen LogP contribution >= 0.6 is 11.6 Å². The third kappa shape index (κ3) is 2.48. The van der Waals surface area contributed by atoms with E-state index in [4.69, 9.17) is 11.6 Å². The molecule has 2 rings (SSSR count). The van der Waals surface area contributed by atoms with Crippen molar-refractivity contribution in [2.24, 2.45) is 0 Å². The smallest absolute Gasteiger partial charge is 0.370 e. The number of anilines is 1. The van der Waals surface area contributed by atoms with E-state index < -0.39 is 12.0 Å². The molecule has 0 spiro atoms. The Morgan fingerprint density at radius 1 is 1.28 bits per heavy atom. The Morgan fingerprint density at radius 3 is 2.61 bits per heavy atom. The summed E-state index contributed by atoms with van der Waals surface area (Å²) in [4.78, 5) is 6.99. The van der Waals surface area contributed by atoms with Crippen molar-refractivity contribution < 1.29 is 13.2 Å². The molecule has 0 aliphatic carbocycles. The topological polar surface area (TPSA) is 37.8 Å². The van der Waals surface area contributed by atoms with Crippen LogP contribution in [0.4, 0.5) is 19.0 Å². The Hall–Kier alpha value is -1.56. The van der Waals surface area contributed by atoms with Crippen molar-refractivity contribution in [2.75, 3.05) is 11.9 Å². The van der Waals surface area contributed by atoms with Gasteiger partial charge in [-0.1, -0.05) is 11.6 Å². The van der Waals surface area contributed by atoms with Gasteiger partial charge in [0.2, 0.25) is 5.82 Å². The standard InChI is InChI=1S/C11H9ClF3N3/c1-2-16-9-7-4-3-6(12)5-8(7)17-10(18-9)11(13,14)15/h3-5H,2H2,1H3,(H,16,17,18). The van der Waals surface area contributed by atoms with Crippen molar-refractivity contribution in [2.45, 2.75) is 13.1 Å². The van der Waals surface area contributed by atoms with Crippen molar-refractivity contribution in [3.8, 4) is 0 Å². The van der Waals surface area contributed by atoms with Gasteiger partial charge < -0.3 is 5.32 Å². The van der Waals surface area contributed by atoms with Crippen LogP contribution in [0.5, 0.6) is 0 Å². The third-order valence-electron chi connectivity index (χ3n) is 2.26. The van der Waals surface area contributed by atoms with Gasteiger partial charge in [0.25, 0.3) is 0 Å². The minimum Gasteiger partial charge on any atom is -0.370 e. The maximum Gasteiger partial charge on any atom is 0.451 e. The lowest BCUT2D eigenvalue weighted by atomic mass is 10.2. The number of halogens is 4. The minimum atomic E-state index is -4.58. The van der Waals surface area contributed by atoms with E-state index in [1.165, 1.54) is 6.07 Å². The molecule has 2 aromatic rings. The Balaban J connectivity index is 2.70. The van der Waals surface area contributed by atoms with Crippen LogP contribution < -0.4 is 5.32 Å². The molecule has 18 heavy (non-hydrogen) atoms. The van der Waals surface area contributed by atoms with Crippen molar-refractivity contribution in [1.29, 1.82) is 0 Å². The molecule has 0 radical (unpaired) electrons. The van der Waals surface area contributed by atoms with Crippen molar-refractivity contribution in [3.05, 3.63) is 29.0 Å². The quantitative estimate of drug-likeness (QED) is 0.907. The van der Waals surface area contributed by atoms with Crippen molar-refractivity contribution in [1.82, 2.24) is 9.97 Å². The first kappa shape index (κ1) is 12.9. The fourth-order valence-electron chi connectivity index (χ4n) is 1.53. The van der Waals surface area contributed by atoms with Crippen LogP contribution in [0.15, 0.2) is 18.2 Å². The van der Waals surface area contributed by atoms with Crippen LogP contribution in [0, 0.1) is 0 Å². The van der Waals surface area contributed by atoms with Crippen molar-refractivity contribution >= 4 is 28.3 Å². The number of fused-ring (bicyclic) bond motifs is 1. The second-order valence-corrected chi connectivity index (χ2v) is 4.02. The molecule has 1 aromatic heterocycles. The molecule has 1 heterocycles. The fraction of sp³-hybridized carbons (Fsp3) is 0.273. The third-order valence-corrected chi connectivity index (χ3v) is 2.49. The molecule has 0 amide bonds. The molecule has 96 valence electrons.